The van der Waals surface area contributed by atoms with Crippen LogP contribution in [0.3, 0.4) is 0 Å². The molecule has 0 aromatic heterocycles. The summed E-state index contributed by atoms with van der Waals surface area (Å²) in [6, 6.07) is 15.5. The van der Waals surface area contributed by atoms with Crippen molar-refractivity contribution in [1.29, 1.82) is 5.26 Å². The zero-order valence-corrected chi connectivity index (χ0v) is 13.0. The molecule has 0 atom stereocenters. The van der Waals surface area contributed by atoms with E-state index in [0.29, 0.717) is 22.1 Å². The third kappa shape index (κ3) is 5.53. The highest BCUT2D eigenvalue weighted by molar-refractivity contribution is 6.32. The molecule has 2 rings (SSSR count). The van der Waals surface area contributed by atoms with Crippen LogP contribution in [0.5, 0.6) is 11.5 Å². The lowest BCUT2D eigenvalue weighted by Crippen LogP contribution is -2.18. The second-order valence-corrected chi connectivity index (χ2v) is 4.83. The third-order valence-corrected chi connectivity index (χ3v) is 3.09. The van der Waals surface area contributed by atoms with Gasteiger partial charge in [-0.15, -0.1) is 0 Å². The van der Waals surface area contributed by atoms with Gasteiger partial charge in [-0.25, -0.2) is 4.79 Å². The summed E-state index contributed by atoms with van der Waals surface area (Å²) < 4.78 is 15.6. The number of hydrogen-bond acceptors (Lipinski definition) is 5. The molecular weight excluding hydrogens is 318 g/mol. The number of ether oxygens (including phenoxy) is 3. The van der Waals surface area contributed by atoms with Crippen LogP contribution in [-0.4, -0.2) is 25.8 Å². The fourth-order valence-corrected chi connectivity index (χ4v) is 1.87. The zero-order chi connectivity index (χ0) is 16.5. The molecule has 0 saturated carbocycles. The maximum absolute atomic E-state index is 11.5. The van der Waals surface area contributed by atoms with Gasteiger partial charge in [0.25, 0.3) is 0 Å². The molecule has 23 heavy (non-hydrogen) atoms. The lowest BCUT2D eigenvalue weighted by Gasteiger charge is -2.09. The molecule has 118 valence electrons. The second-order valence-electron chi connectivity index (χ2n) is 4.42. The van der Waals surface area contributed by atoms with Gasteiger partial charge in [-0.3, -0.25) is 0 Å². The number of nitrogens with zero attached hydrogens (tertiary/aromatic N) is 1. The predicted octanol–water partition coefficient (Wildman–Crippen LogP) is 3.21. The number of esters is 1. The molecule has 0 amide bonds. The zero-order valence-electron chi connectivity index (χ0n) is 12.2. The van der Waals surface area contributed by atoms with Crippen LogP contribution in [0.2, 0.25) is 5.02 Å². The molecule has 0 radical (unpaired) electrons. The van der Waals surface area contributed by atoms with Crippen molar-refractivity contribution in [3.05, 3.63) is 59.1 Å². The van der Waals surface area contributed by atoms with Gasteiger partial charge in [0.05, 0.1) is 16.7 Å². The van der Waals surface area contributed by atoms with Gasteiger partial charge in [-0.2, -0.15) is 5.26 Å². The average molecular weight is 332 g/mol. The summed E-state index contributed by atoms with van der Waals surface area (Å²) in [5.41, 5.74) is 0.525. The monoisotopic (exact) mass is 331 g/mol. The van der Waals surface area contributed by atoms with Crippen molar-refractivity contribution < 1.29 is 19.0 Å². The summed E-state index contributed by atoms with van der Waals surface area (Å²) in [4.78, 5) is 11.5. The van der Waals surface area contributed by atoms with Crippen LogP contribution >= 0.6 is 11.6 Å². The van der Waals surface area contributed by atoms with Crippen molar-refractivity contribution in [2.75, 3.05) is 19.8 Å². The van der Waals surface area contributed by atoms with Gasteiger partial charge < -0.3 is 14.2 Å². The minimum absolute atomic E-state index is 0.0980. The highest BCUT2D eigenvalue weighted by Gasteiger charge is 2.05. The van der Waals surface area contributed by atoms with Crippen molar-refractivity contribution in [2.45, 2.75) is 0 Å². The lowest BCUT2D eigenvalue weighted by atomic mass is 10.2. The van der Waals surface area contributed by atoms with Crippen LogP contribution in [-0.2, 0) is 9.53 Å². The van der Waals surface area contributed by atoms with Crippen LogP contribution in [0.4, 0.5) is 0 Å². The van der Waals surface area contributed by atoms with Crippen LogP contribution in [0.15, 0.2) is 48.5 Å². The Morgan fingerprint density at radius 1 is 1.04 bits per heavy atom. The van der Waals surface area contributed by atoms with Crippen LogP contribution < -0.4 is 9.47 Å². The van der Waals surface area contributed by atoms with Gasteiger partial charge in [0.2, 0.25) is 0 Å². The molecular formula is C17H14ClNO4. The van der Waals surface area contributed by atoms with Gasteiger partial charge in [-0.1, -0.05) is 23.7 Å². The van der Waals surface area contributed by atoms with Crippen molar-refractivity contribution in [2.24, 2.45) is 0 Å². The van der Waals surface area contributed by atoms with Crippen molar-refractivity contribution >= 4 is 17.6 Å². The van der Waals surface area contributed by atoms with E-state index in [4.69, 9.17) is 31.1 Å². The summed E-state index contributed by atoms with van der Waals surface area (Å²) in [7, 11) is 0. The Bertz CT molecular complexity index is 694. The van der Waals surface area contributed by atoms with Crippen LogP contribution in [0.1, 0.15) is 5.56 Å². The number of benzene rings is 2. The molecule has 0 bridgehead atoms. The summed E-state index contributed by atoms with van der Waals surface area (Å²) in [6.45, 7) is 0.0884. The van der Waals surface area contributed by atoms with Crippen molar-refractivity contribution in [1.82, 2.24) is 0 Å². The van der Waals surface area contributed by atoms with Crippen molar-refractivity contribution in [3.8, 4) is 17.6 Å². The maximum Gasteiger partial charge on any atom is 0.344 e. The SMILES string of the molecule is N#Cc1ccc(OCC(=O)OCCOc2ccccc2Cl)cc1. The summed E-state index contributed by atoms with van der Waals surface area (Å²) in [6.07, 6.45) is 0. The number of hydrogen-bond donors (Lipinski definition) is 0. The fraction of sp³-hybridized carbons (Fsp3) is 0.176. The van der Waals surface area contributed by atoms with Gasteiger partial charge in [0.1, 0.15) is 24.7 Å². The molecule has 0 spiro atoms. The van der Waals surface area contributed by atoms with Gasteiger partial charge in [0, 0.05) is 0 Å². The molecule has 0 aliphatic rings. The van der Waals surface area contributed by atoms with E-state index in [9.17, 15) is 4.79 Å². The van der Waals surface area contributed by atoms with E-state index in [0.717, 1.165) is 0 Å². The molecule has 0 heterocycles. The minimum Gasteiger partial charge on any atom is -0.488 e. The molecule has 0 aliphatic heterocycles. The molecule has 5 nitrogen and oxygen atoms in total. The standard InChI is InChI=1S/C17H14ClNO4/c18-15-3-1-2-4-16(15)21-9-10-22-17(20)12-23-14-7-5-13(11-19)6-8-14/h1-8H,9-10,12H2. The first-order valence-electron chi connectivity index (χ1n) is 6.85. The highest BCUT2D eigenvalue weighted by atomic mass is 35.5. The Kier molecular flexibility index (Phi) is 6.28. The predicted molar refractivity (Wildman–Crippen MR) is 84.6 cm³/mol. The Morgan fingerprint density at radius 2 is 1.78 bits per heavy atom. The van der Waals surface area contributed by atoms with E-state index in [2.05, 4.69) is 0 Å². The molecule has 0 unspecified atom stereocenters. The molecule has 6 heteroatoms. The maximum atomic E-state index is 11.5. The Balaban J connectivity index is 1.65. The van der Waals surface area contributed by atoms with Gasteiger partial charge >= 0.3 is 5.97 Å². The largest absolute Gasteiger partial charge is 0.488 e. The molecule has 2 aromatic carbocycles. The smallest absolute Gasteiger partial charge is 0.344 e. The van der Waals surface area contributed by atoms with E-state index in [1.807, 2.05) is 6.07 Å². The van der Waals surface area contributed by atoms with Crippen molar-refractivity contribution in [3.63, 3.8) is 0 Å². The first-order chi connectivity index (χ1) is 11.2. The number of carbonyl (C=O) groups excluding carboxylic acids is 1. The highest BCUT2D eigenvalue weighted by Crippen LogP contribution is 2.22. The number of carbonyl (C=O) groups is 1. The fourth-order valence-electron chi connectivity index (χ4n) is 1.68. The molecule has 0 aliphatic carbocycles. The summed E-state index contributed by atoms with van der Waals surface area (Å²) in [5, 5.41) is 9.18. The van der Waals surface area contributed by atoms with Gasteiger partial charge in [0.15, 0.2) is 6.61 Å². The Hall–Kier alpha value is -2.71. The Labute approximate surface area is 139 Å². The lowest BCUT2D eigenvalue weighted by molar-refractivity contribution is -0.146. The number of para-hydroxylation sites is 1. The molecule has 0 fully saturated rings. The molecule has 0 N–H and O–H groups in total. The molecule has 2 aromatic rings. The van der Waals surface area contributed by atoms with E-state index < -0.39 is 5.97 Å². The number of rotatable bonds is 7. The second kappa shape index (κ2) is 8.66. The Morgan fingerprint density at radius 3 is 2.48 bits per heavy atom. The van der Waals surface area contributed by atoms with Crippen LogP contribution in [0, 0.1) is 11.3 Å². The van der Waals surface area contributed by atoms with E-state index in [-0.39, 0.29) is 19.8 Å². The quantitative estimate of drug-likeness (QED) is 0.575. The first-order valence-corrected chi connectivity index (χ1v) is 7.23. The minimum atomic E-state index is -0.503. The van der Waals surface area contributed by atoms with E-state index in [1.165, 1.54) is 0 Å². The topological polar surface area (TPSA) is 68.5 Å². The third-order valence-electron chi connectivity index (χ3n) is 2.78. The average Bonchev–Trinajstić information content (AvgIpc) is 2.59. The summed E-state index contributed by atoms with van der Waals surface area (Å²) >= 11 is 5.93. The van der Waals surface area contributed by atoms with E-state index in [1.54, 1.807) is 48.5 Å². The number of halogens is 1. The van der Waals surface area contributed by atoms with Crippen LogP contribution in [0.25, 0.3) is 0 Å². The van der Waals surface area contributed by atoms with E-state index >= 15 is 0 Å². The normalized spacial score (nSPS) is 9.74. The summed E-state index contributed by atoms with van der Waals surface area (Å²) in [5.74, 6) is 0.532. The molecule has 0 saturated heterocycles. The first kappa shape index (κ1) is 16.7. The van der Waals surface area contributed by atoms with Gasteiger partial charge in [-0.05, 0) is 36.4 Å². The number of nitriles is 1.